The Balaban J connectivity index is -0.00000104. The topological polar surface area (TPSA) is 0 Å². The largest absolute Gasteiger partial charge is 0.0776 e. The van der Waals surface area contributed by atoms with Crippen molar-refractivity contribution in [1.29, 1.82) is 0 Å². The number of benzene rings is 9. The van der Waals surface area contributed by atoms with E-state index in [1.165, 1.54) is 77.5 Å². The van der Waals surface area contributed by atoms with E-state index in [9.17, 15) is 0 Å². The molecule has 0 heteroatoms. The van der Waals surface area contributed by atoms with Crippen molar-refractivity contribution in [2.45, 2.75) is 151 Å². The molecule has 0 fully saturated rings. The second-order valence-electron chi connectivity index (χ2n) is 14.3. The van der Waals surface area contributed by atoms with Crippen molar-refractivity contribution in [3.63, 3.8) is 0 Å². The Kier molecular flexibility index (Phi) is 37.5. The van der Waals surface area contributed by atoms with Crippen molar-refractivity contribution in [2.75, 3.05) is 0 Å². The van der Waals surface area contributed by atoms with Gasteiger partial charge in [-0.05, 0) is 89.7 Å². The third kappa shape index (κ3) is 14.3. The highest BCUT2D eigenvalue weighted by Gasteiger charge is 2.47. The van der Waals surface area contributed by atoms with Gasteiger partial charge in [-0.3, -0.25) is 0 Å². The van der Waals surface area contributed by atoms with E-state index in [4.69, 9.17) is 0 Å². The summed E-state index contributed by atoms with van der Waals surface area (Å²) in [6.07, 6.45) is 0. The molecule has 11 rings (SSSR count). The van der Waals surface area contributed by atoms with Crippen molar-refractivity contribution in [3.8, 4) is 22.3 Å². The average Bonchev–Trinajstić information content (AvgIpc) is 3.96. The molecule has 0 saturated heterocycles. The minimum Gasteiger partial charge on any atom is -0.0776 e. The molecule has 0 nitrogen and oxygen atoms in total. The number of fused-ring (bicyclic) bond motifs is 7. The highest BCUT2D eigenvalue weighted by Crippen LogP contribution is 2.57. The summed E-state index contributed by atoms with van der Waals surface area (Å²) in [5, 5.41) is 2.58. The van der Waals surface area contributed by atoms with E-state index in [1.54, 1.807) is 0 Å². The zero-order valence-corrected chi connectivity index (χ0v) is 45.9. The van der Waals surface area contributed by atoms with Crippen LogP contribution in [-0.2, 0) is 10.8 Å². The Labute approximate surface area is 457 Å². The maximum absolute atomic E-state index is 2.41. The van der Waals surface area contributed by atoms with Crippen LogP contribution < -0.4 is 0 Å². The molecule has 0 saturated carbocycles. The Morgan fingerprint density at radius 3 is 0.676 bits per heavy atom. The van der Waals surface area contributed by atoms with Gasteiger partial charge >= 0.3 is 0 Å². The Morgan fingerprint density at radius 1 is 0.189 bits per heavy atom. The lowest BCUT2D eigenvalue weighted by atomic mass is 9.67. The summed E-state index contributed by atoms with van der Waals surface area (Å²) in [5.41, 5.74) is 15.5. The number of hydrogen-bond acceptors (Lipinski definition) is 0. The number of hydrogen-bond donors (Lipinski definition) is 0. The van der Waals surface area contributed by atoms with Gasteiger partial charge in [0, 0.05) is 0 Å². The zero-order chi connectivity index (χ0) is 52.0. The van der Waals surface area contributed by atoms with Gasteiger partial charge in [-0.15, -0.1) is 0 Å². The van der Waals surface area contributed by atoms with Crippen LogP contribution in [0.25, 0.3) is 33.0 Å². The molecule has 2 aliphatic carbocycles. The Bertz CT molecular complexity index is 2620. The quantitative estimate of drug-likeness (QED) is 0.165. The van der Waals surface area contributed by atoms with Crippen LogP contribution in [0, 0.1) is 0 Å². The molecule has 2 aliphatic rings. The van der Waals surface area contributed by atoms with E-state index >= 15 is 0 Å². The lowest BCUT2D eigenvalue weighted by Crippen LogP contribution is -2.28. The van der Waals surface area contributed by atoms with E-state index < -0.39 is 0 Å². The summed E-state index contributed by atoms with van der Waals surface area (Å²) in [5.74, 6) is 0. The molecule has 0 amide bonds. The van der Waals surface area contributed by atoms with Crippen LogP contribution in [0.1, 0.15) is 185 Å². The van der Waals surface area contributed by atoms with Crippen LogP contribution in [0.4, 0.5) is 0 Å². The summed E-state index contributed by atoms with van der Waals surface area (Å²) < 4.78 is 0. The highest BCUT2D eigenvalue weighted by molar-refractivity contribution is 5.96. The average molecular weight is 992 g/mol. The molecule has 9 aromatic rings. The molecule has 0 aliphatic heterocycles. The molecular formula is C74H102. The molecule has 0 unspecified atom stereocenters. The molecule has 9 aromatic carbocycles. The van der Waals surface area contributed by atoms with E-state index in [0.717, 1.165) is 0 Å². The van der Waals surface area contributed by atoms with Gasteiger partial charge < -0.3 is 0 Å². The molecule has 0 spiro atoms. The van der Waals surface area contributed by atoms with Gasteiger partial charge in [0.05, 0.1) is 10.8 Å². The third-order valence-corrected chi connectivity index (χ3v) is 11.7. The van der Waals surface area contributed by atoms with Crippen LogP contribution in [-0.4, -0.2) is 0 Å². The SMILES string of the molecule is C.C.C.C.CC.CC.CC.CC.CC.CC.CC.CC.c1ccc(C2(c3ccccc3)c3ccccc3-c3cc4ccccc4cc32)cc1.c1ccc(C2(c3ccccc3)c3ccccc3-c3ccccc32)cc1. The summed E-state index contributed by atoms with van der Waals surface area (Å²) in [4.78, 5) is 0. The fourth-order valence-corrected chi connectivity index (χ4v) is 9.53. The minimum absolute atomic E-state index is 0. The first kappa shape index (κ1) is 71.5. The lowest BCUT2D eigenvalue weighted by Gasteiger charge is -2.34. The van der Waals surface area contributed by atoms with Crippen LogP contribution in [0.2, 0.25) is 0 Å². The van der Waals surface area contributed by atoms with Crippen LogP contribution in [0.5, 0.6) is 0 Å². The predicted octanol–water partition coefficient (Wildman–Crippen LogP) is 24.0. The Hall–Kier alpha value is -6.76. The molecule has 0 bridgehead atoms. The van der Waals surface area contributed by atoms with Gasteiger partial charge in [-0.1, -0.05) is 359 Å². The molecule has 398 valence electrons. The Morgan fingerprint density at radius 2 is 0.392 bits per heavy atom. The summed E-state index contributed by atoms with van der Waals surface area (Å²) >= 11 is 0. The highest BCUT2D eigenvalue weighted by atomic mass is 14.5. The standard InChI is InChI=1S/C29H20.C25H18.8C2H6.4CH4/c1-3-13-23(14-4-1)29(24-15-5-2-6-16-24)27-18-10-9-17-25(27)26-19-21-11-7-8-12-22(21)20-28(26)29;1-3-11-19(12-4-1)25(20-13-5-2-6-14-20)23-17-9-7-15-21(23)22-16-8-10-18-24(22)25;8*1-2;;;;/h1-20H;1-18H;8*1-2H3;4*1H4. The molecule has 74 heavy (non-hydrogen) atoms. The van der Waals surface area contributed by atoms with Crippen LogP contribution in [0.15, 0.2) is 231 Å². The maximum Gasteiger partial charge on any atom is 0.0713 e. The second-order valence-corrected chi connectivity index (χ2v) is 14.3. The van der Waals surface area contributed by atoms with Crippen LogP contribution in [0.3, 0.4) is 0 Å². The monoisotopic (exact) mass is 991 g/mol. The fourth-order valence-electron chi connectivity index (χ4n) is 9.53. The van der Waals surface area contributed by atoms with E-state index in [0.29, 0.717) is 0 Å². The van der Waals surface area contributed by atoms with Gasteiger partial charge in [-0.25, -0.2) is 0 Å². The van der Waals surface area contributed by atoms with Gasteiger partial charge in [0.25, 0.3) is 0 Å². The summed E-state index contributed by atoms with van der Waals surface area (Å²) in [7, 11) is 0. The predicted molar refractivity (Wildman–Crippen MR) is 343 cm³/mol. The van der Waals surface area contributed by atoms with Gasteiger partial charge in [0.2, 0.25) is 0 Å². The summed E-state index contributed by atoms with van der Waals surface area (Å²) in [6, 6.07) is 83.7. The van der Waals surface area contributed by atoms with Crippen molar-refractivity contribution in [3.05, 3.63) is 275 Å². The minimum atomic E-state index is -0.307. The first-order valence-corrected chi connectivity index (χ1v) is 26.9. The fraction of sp³-hybridized carbons (Fsp3) is 0.297. The normalized spacial score (nSPS) is 10.8. The third-order valence-electron chi connectivity index (χ3n) is 11.7. The van der Waals surface area contributed by atoms with Crippen molar-refractivity contribution >= 4 is 10.8 Å². The molecule has 0 aromatic heterocycles. The van der Waals surface area contributed by atoms with E-state index in [2.05, 4.69) is 231 Å². The second kappa shape index (κ2) is 38.8. The zero-order valence-electron chi connectivity index (χ0n) is 45.9. The first-order valence-electron chi connectivity index (χ1n) is 26.9. The molecule has 0 N–H and O–H groups in total. The van der Waals surface area contributed by atoms with Gasteiger partial charge in [0.1, 0.15) is 0 Å². The van der Waals surface area contributed by atoms with Crippen molar-refractivity contribution in [2.24, 2.45) is 0 Å². The molecule has 0 atom stereocenters. The molecular weight excluding hydrogens is 889 g/mol. The first-order chi connectivity index (χ1) is 34.8. The number of rotatable bonds is 4. The van der Waals surface area contributed by atoms with Crippen LogP contribution >= 0.6 is 0 Å². The molecule has 0 heterocycles. The lowest BCUT2D eigenvalue weighted by molar-refractivity contribution is 0.768. The van der Waals surface area contributed by atoms with Crippen molar-refractivity contribution < 1.29 is 0 Å². The smallest absolute Gasteiger partial charge is 0.0713 e. The van der Waals surface area contributed by atoms with E-state index in [-0.39, 0.29) is 40.5 Å². The molecule has 0 radical (unpaired) electrons. The summed E-state index contributed by atoms with van der Waals surface area (Å²) in [6.45, 7) is 32.0. The van der Waals surface area contributed by atoms with Gasteiger partial charge in [-0.2, -0.15) is 0 Å². The van der Waals surface area contributed by atoms with Crippen molar-refractivity contribution in [1.82, 2.24) is 0 Å². The van der Waals surface area contributed by atoms with E-state index in [1.807, 2.05) is 111 Å². The maximum atomic E-state index is 2.41. The van der Waals surface area contributed by atoms with Gasteiger partial charge in [0.15, 0.2) is 0 Å².